The fraction of sp³-hybridized carbons (Fsp3) is 0.765. The van der Waals surface area contributed by atoms with Crippen molar-refractivity contribution in [1.82, 2.24) is 8.80 Å². The molecule has 23 heavy (non-hydrogen) atoms. The van der Waals surface area contributed by atoms with Crippen molar-refractivity contribution >= 4 is 16.5 Å². The lowest BCUT2D eigenvalue weighted by Gasteiger charge is -2.39. The lowest BCUT2D eigenvalue weighted by Crippen LogP contribution is -2.55. The Bertz CT molecular complexity index is 550. The van der Waals surface area contributed by atoms with Gasteiger partial charge in [0.25, 0.3) is 0 Å². The van der Waals surface area contributed by atoms with Crippen molar-refractivity contribution in [2.45, 2.75) is 76.9 Å². The molecule has 1 aliphatic heterocycles. The van der Waals surface area contributed by atoms with Crippen LogP contribution in [-0.2, 0) is 19.4 Å². The summed E-state index contributed by atoms with van der Waals surface area (Å²) in [4.78, 5) is 0. The van der Waals surface area contributed by atoms with Crippen LogP contribution in [0.15, 0.2) is 0 Å². The molecule has 2 heterocycles. The maximum Gasteiger partial charge on any atom is 0.197 e. The molecule has 3 rings (SSSR count). The fourth-order valence-electron chi connectivity index (χ4n) is 4.73. The summed E-state index contributed by atoms with van der Waals surface area (Å²) in [5.41, 5.74) is 2.00. The van der Waals surface area contributed by atoms with E-state index in [0.29, 0.717) is 11.8 Å². The first-order chi connectivity index (χ1) is 10.7. The van der Waals surface area contributed by atoms with E-state index in [4.69, 9.17) is 0 Å². The lowest BCUT2D eigenvalue weighted by atomic mass is 9.95. The summed E-state index contributed by atoms with van der Waals surface area (Å²) in [5.74, 6) is 0.651. The summed E-state index contributed by atoms with van der Waals surface area (Å²) in [6, 6.07) is 2.86. The highest BCUT2D eigenvalue weighted by atomic mass is 28.4. The molecule has 1 aromatic heterocycles. The van der Waals surface area contributed by atoms with E-state index in [1.54, 1.807) is 4.57 Å². The molecular weight excluding hydrogens is 320 g/mol. The second-order valence-corrected chi connectivity index (χ2v) is 18.4. The van der Waals surface area contributed by atoms with E-state index in [0.717, 1.165) is 56.3 Å². The molecule has 1 fully saturated rings. The number of aromatic hydroxyl groups is 2. The van der Waals surface area contributed by atoms with Crippen LogP contribution in [0.2, 0.25) is 38.3 Å². The second kappa shape index (κ2) is 5.97. The van der Waals surface area contributed by atoms with E-state index in [9.17, 15) is 10.2 Å². The van der Waals surface area contributed by atoms with Gasteiger partial charge in [0.15, 0.2) is 11.8 Å². The third kappa shape index (κ3) is 3.01. The molecule has 130 valence electrons. The Morgan fingerprint density at radius 2 is 1.30 bits per heavy atom. The van der Waals surface area contributed by atoms with Gasteiger partial charge in [-0.05, 0) is 50.7 Å². The first-order valence-electron chi connectivity index (χ1n) is 9.14. The largest absolute Gasteiger partial charge is 0.494 e. The van der Waals surface area contributed by atoms with Crippen LogP contribution in [0.5, 0.6) is 11.8 Å². The minimum atomic E-state index is -1.22. The van der Waals surface area contributed by atoms with Crippen LogP contribution in [0.3, 0.4) is 0 Å². The summed E-state index contributed by atoms with van der Waals surface area (Å²) in [5, 5.41) is 20.9. The number of rotatable bonds is 4. The maximum atomic E-state index is 10.5. The van der Waals surface area contributed by atoms with Crippen molar-refractivity contribution in [3.8, 4) is 11.8 Å². The van der Waals surface area contributed by atoms with Gasteiger partial charge in [0.05, 0.1) is 0 Å². The first kappa shape index (κ1) is 17.1. The molecule has 6 heteroatoms. The minimum Gasteiger partial charge on any atom is -0.494 e. The van der Waals surface area contributed by atoms with Crippen molar-refractivity contribution in [2.75, 3.05) is 6.54 Å². The van der Waals surface area contributed by atoms with Crippen LogP contribution in [0.4, 0.5) is 0 Å². The van der Waals surface area contributed by atoms with Gasteiger partial charge in [0, 0.05) is 17.7 Å². The number of aromatic nitrogens is 1. The number of hydrogen-bond acceptors (Lipinski definition) is 3. The van der Waals surface area contributed by atoms with E-state index in [1.165, 1.54) is 12.1 Å². The lowest BCUT2D eigenvalue weighted by molar-refractivity contribution is 0.358. The smallest absolute Gasteiger partial charge is 0.197 e. The van der Waals surface area contributed by atoms with Gasteiger partial charge in [-0.2, -0.15) is 0 Å². The molecular formula is C17H32N2O2Si2. The van der Waals surface area contributed by atoms with Crippen molar-refractivity contribution in [3.05, 3.63) is 11.1 Å². The highest BCUT2D eigenvalue weighted by Crippen LogP contribution is 2.40. The first-order valence-corrected chi connectivity index (χ1v) is 15.4. The van der Waals surface area contributed by atoms with Gasteiger partial charge in [-0.3, -0.25) is 4.57 Å². The normalized spacial score (nSPS) is 23.1. The molecule has 1 aromatic rings. The zero-order valence-electron chi connectivity index (χ0n) is 15.2. The molecule has 1 saturated heterocycles. The predicted octanol–water partition coefficient (Wildman–Crippen LogP) is 3.89. The summed E-state index contributed by atoms with van der Waals surface area (Å²) >= 11 is 0. The molecule has 0 unspecified atom stereocenters. The van der Waals surface area contributed by atoms with Gasteiger partial charge in [-0.15, -0.1) is 0 Å². The summed E-state index contributed by atoms with van der Waals surface area (Å²) in [6.07, 6.45) is 5.08. The van der Waals surface area contributed by atoms with Crippen molar-refractivity contribution in [3.63, 3.8) is 0 Å². The van der Waals surface area contributed by atoms with Crippen LogP contribution in [0.1, 0.15) is 30.4 Å². The average molecular weight is 353 g/mol. The molecule has 0 bridgehead atoms. The van der Waals surface area contributed by atoms with Crippen molar-refractivity contribution < 1.29 is 10.2 Å². The van der Waals surface area contributed by atoms with Crippen LogP contribution >= 0.6 is 0 Å². The Balaban J connectivity index is 1.69. The van der Waals surface area contributed by atoms with Gasteiger partial charge in [-0.1, -0.05) is 26.2 Å². The Kier molecular flexibility index (Phi) is 4.44. The third-order valence-electron chi connectivity index (χ3n) is 6.09. The van der Waals surface area contributed by atoms with Gasteiger partial charge in [0.1, 0.15) is 16.5 Å². The van der Waals surface area contributed by atoms with Crippen LogP contribution in [0, 0.1) is 0 Å². The summed E-state index contributed by atoms with van der Waals surface area (Å²) in [6.45, 7) is 11.8. The zero-order valence-corrected chi connectivity index (χ0v) is 17.2. The maximum absolute atomic E-state index is 10.5. The van der Waals surface area contributed by atoms with E-state index < -0.39 is 16.5 Å². The summed E-state index contributed by atoms with van der Waals surface area (Å²) in [7, 11) is -2.44. The molecule has 2 N–H and O–H groups in total. The number of hydrogen-bond donors (Lipinski definition) is 2. The van der Waals surface area contributed by atoms with E-state index in [1.807, 2.05) is 0 Å². The quantitative estimate of drug-likeness (QED) is 0.808. The van der Waals surface area contributed by atoms with E-state index in [2.05, 4.69) is 30.4 Å². The Labute approximate surface area is 142 Å². The van der Waals surface area contributed by atoms with Crippen molar-refractivity contribution in [2.24, 2.45) is 0 Å². The molecule has 1 aliphatic carbocycles. The predicted molar refractivity (Wildman–Crippen MR) is 100 cm³/mol. The molecule has 0 amide bonds. The zero-order chi connectivity index (χ0) is 16.8. The number of nitrogens with zero attached hydrogens (tertiary/aromatic N) is 2. The minimum absolute atomic E-state index is 0.326. The molecule has 0 radical (unpaired) electrons. The highest BCUT2D eigenvalue weighted by molar-refractivity contribution is 6.95. The third-order valence-corrected chi connectivity index (χ3v) is 16.5. The van der Waals surface area contributed by atoms with E-state index >= 15 is 0 Å². The Morgan fingerprint density at radius 1 is 0.826 bits per heavy atom. The molecule has 2 aliphatic rings. The van der Waals surface area contributed by atoms with Gasteiger partial charge >= 0.3 is 0 Å². The van der Waals surface area contributed by atoms with Crippen LogP contribution < -0.4 is 0 Å². The molecule has 0 spiro atoms. The van der Waals surface area contributed by atoms with Gasteiger partial charge in [0.2, 0.25) is 0 Å². The number of fused-ring (bicyclic) bond motifs is 1. The summed E-state index contributed by atoms with van der Waals surface area (Å²) < 4.78 is 4.63. The van der Waals surface area contributed by atoms with Crippen LogP contribution in [0.25, 0.3) is 0 Å². The molecule has 0 saturated carbocycles. The fourth-order valence-corrected chi connectivity index (χ4v) is 18.9. The van der Waals surface area contributed by atoms with Gasteiger partial charge in [-0.25, -0.2) is 0 Å². The second-order valence-electron chi connectivity index (χ2n) is 8.59. The topological polar surface area (TPSA) is 48.6 Å². The van der Waals surface area contributed by atoms with Crippen molar-refractivity contribution in [1.29, 1.82) is 0 Å². The Hall–Kier alpha value is -0.726. The standard InChI is InChI=1S/C17H32N2O2Si2/c1-22(2)12-13-23(3,4)19(22)11-7-10-18-16(20)14-8-5-6-9-15(14)17(18)21/h20-21H,5-13H2,1-4H3. The molecule has 4 nitrogen and oxygen atoms in total. The SMILES string of the molecule is C[Si]1(C)CC[Si](C)(C)N1CCCn1c(O)c2c(c1O)CCCC2. The average Bonchev–Trinajstić information content (AvgIpc) is 2.86. The monoisotopic (exact) mass is 352 g/mol. The highest BCUT2D eigenvalue weighted by Gasteiger charge is 2.46. The molecule has 0 atom stereocenters. The molecule has 0 aromatic carbocycles. The van der Waals surface area contributed by atoms with Gasteiger partial charge < -0.3 is 14.4 Å². The van der Waals surface area contributed by atoms with E-state index in [-0.39, 0.29) is 0 Å². The Morgan fingerprint density at radius 3 is 1.78 bits per heavy atom. The van der Waals surface area contributed by atoms with Crippen LogP contribution in [-0.4, -0.2) is 42.0 Å².